The van der Waals surface area contributed by atoms with E-state index in [0.29, 0.717) is 32.0 Å². The van der Waals surface area contributed by atoms with E-state index >= 15 is 0 Å². The molecule has 3 fully saturated rings. The van der Waals surface area contributed by atoms with E-state index in [4.69, 9.17) is 0 Å². The number of aromatic nitrogens is 2. The molecule has 9 heteroatoms. The van der Waals surface area contributed by atoms with Gasteiger partial charge in [-0.15, -0.1) is 0 Å². The van der Waals surface area contributed by atoms with E-state index < -0.39 is 12.1 Å². The molecule has 1 aromatic carbocycles. The van der Waals surface area contributed by atoms with Crippen molar-refractivity contribution in [2.24, 2.45) is 10.8 Å². The second-order valence-corrected chi connectivity index (χ2v) is 13.0. The Hall–Kier alpha value is -3.46. The highest BCUT2D eigenvalue weighted by atomic mass is 16.4. The third kappa shape index (κ3) is 4.54. The van der Waals surface area contributed by atoms with Gasteiger partial charge in [0, 0.05) is 54.5 Å². The van der Waals surface area contributed by atoms with Crippen molar-refractivity contribution in [1.29, 1.82) is 0 Å². The fourth-order valence-corrected chi connectivity index (χ4v) is 7.91. The smallest absolute Gasteiger partial charge is 0.407 e. The maximum absolute atomic E-state index is 12.7. The Labute approximate surface area is 234 Å². The number of aryl methyl sites for hydroxylation is 1. The molecule has 212 valence electrons. The van der Waals surface area contributed by atoms with Crippen LogP contribution in [0.1, 0.15) is 64.5 Å². The molecule has 3 amide bonds. The van der Waals surface area contributed by atoms with Gasteiger partial charge in [-0.2, -0.15) is 0 Å². The highest BCUT2D eigenvalue weighted by molar-refractivity contribution is 6.09. The number of nitrogens with zero attached hydrogens (tertiary/aromatic N) is 4. The molecule has 3 saturated heterocycles. The number of rotatable bonds is 5. The number of fused-ring (bicyclic) bond motifs is 3. The molecule has 6 rings (SSSR count). The zero-order valence-electron chi connectivity index (χ0n) is 23.7. The van der Waals surface area contributed by atoms with Crippen molar-refractivity contribution in [2.75, 3.05) is 26.2 Å². The number of hydrogen-bond acceptors (Lipinski definition) is 5. The molecule has 3 aliphatic rings. The quantitative estimate of drug-likeness (QED) is 0.454. The number of carboxylic acid groups (broad SMARTS) is 1. The van der Waals surface area contributed by atoms with Gasteiger partial charge in [0.2, 0.25) is 11.8 Å². The van der Waals surface area contributed by atoms with E-state index in [0.717, 1.165) is 60.7 Å². The number of amides is 3. The van der Waals surface area contributed by atoms with Gasteiger partial charge in [0.1, 0.15) is 11.7 Å². The van der Waals surface area contributed by atoms with Crippen LogP contribution in [0.3, 0.4) is 0 Å². The van der Waals surface area contributed by atoms with Crippen LogP contribution in [-0.4, -0.2) is 74.6 Å². The lowest BCUT2D eigenvalue weighted by atomic mass is 9.57. The fraction of sp³-hybridized carbons (Fsp3) is 0.548. The van der Waals surface area contributed by atoms with E-state index in [-0.39, 0.29) is 22.6 Å². The van der Waals surface area contributed by atoms with Crippen LogP contribution in [0.15, 0.2) is 36.5 Å². The van der Waals surface area contributed by atoms with Crippen LogP contribution >= 0.6 is 0 Å². The van der Waals surface area contributed by atoms with Crippen molar-refractivity contribution < 1.29 is 19.5 Å². The predicted octanol–water partition coefficient (Wildman–Crippen LogP) is 4.59. The van der Waals surface area contributed by atoms with Crippen molar-refractivity contribution in [3.8, 4) is 0 Å². The van der Waals surface area contributed by atoms with Crippen molar-refractivity contribution >= 4 is 39.8 Å². The number of hydrogen-bond donors (Lipinski definition) is 2. The Kier molecular flexibility index (Phi) is 6.60. The van der Waals surface area contributed by atoms with Crippen LogP contribution in [0.25, 0.3) is 21.9 Å². The number of piperidine rings is 2. The lowest BCUT2D eigenvalue weighted by molar-refractivity contribution is -0.149. The lowest BCUT2D eigenvalue weighted by Crippen LogP contribution is -2.71. The average Bonchev–Trinajstić information content (AvgIpc) is 3.21. The summed E-state index contributed by atoms with van der Waals surface area (Å²) in [6.07, 6.45) is 5.64. The molecule has 0 saturated carbocycles. The van der Waals surface area contributed by atoms with Crippen LogP contribution in [0.2, 0.25) is 0 Å². The Morgan fingerprint density at radius 2 is 1.93 bits per heavy atom. The number of imide groups is 1. The summed E-state index contributed by atoms with van der Waals surface area (Å²) in [6.45, 7) is 10.3. The first-order chi connectivity index (χ1) is 19.1. The Bertz CT molecular complexity index is 1480. The maximum atomic E-state index is 12.7. The van der Waals surface area contributed by atoms with E-state index in [1.165, 1.54) is 5.56 Å². The summed E-state index contributed by atoms with van der Waals surface area (Å²) in [4.78, 5) is 44.7. The molecule has 2 N–H and O–H groups in total. The van der Waals surface area contributed by atoms with E-state index in [9.17, 15) is 19.5 Å². The lowest BCUT2D eigenvalue weighted by Gasteiger charge is -2.64. The number of benzene rings is 1. The van der Waals surface area contributed by atoms with Gasteiger partial charge in [0.25, 0.3) is 0 Å². The Balaban J connectivity index is 1.18. The third-order valence-corrected chi connectivity index (χ3v) is 9.37. The van der Waals surface area contributed by atoms with Gasteiger partial charge in [-0.3, -0.25) is 19.8 Å². The van der Waals surface area contributed by atoms with Gasteiger partial charge < -0.3 is 14.6 Å². The first-order valence-electron chi connectivity index (χ1n) is 14.5. The van der Waals surface area contributed by atoms with E-state index in [2.05, 4.69) is 60.2 Å². The van der Waals surface area contributed by atoms with Gasteiger partial charge >= 0.3 is 6.09 Å². The summed E-state index contributed by atoms with van der Waals surface area (Å²) in [5, 5.41) is 14.0. The topological polar surface area (TPSA) is 108 Å². The molecule has 2 atom stereocenters. The fourth-order valence-electron chi connectivity index (χ4n) is 7.91. The normalized spacial score (nSPS) is 23.5. The standard InChI is InChI=1S/C31H39N5O4/c1-30(2,3)28-31(12-16-34(17-13-31)29(39)40)19-35(28)15-5-6-20-8-9-23-22(18-20)21-7-4-14-32-26(21)36(23)24-10-11-25(37)33-27(24)38/h4,7-9,14,18,24,28H,5-6,10-13,15-17,19H2,1-3H3,(H,39,40)(H,33,37,38). The Morgan fingerprint density at radius 3 is 2.62 bits per heavy atom. The van der Waals surface area contributed by atoms with Crippen molar-refractivity contribution in [3.05, 3.63) is 42.1 Å². The second kappa shape index (κ2) is 9.87. The minimum atomic E-state index is -0.800. The predicted molar refractivity (Wildman–Crippen MR) is 153 cm³/mol. The molecular weight excluding hydrogens is 506 g/mol. The van der Waals surface area contributed by atoms with Gasteiger partial charge in [0.15, 0.2) is 0 Å². The van der Waals surface area contributed by atoms with Crippen LogP contribution in [0.5, 0.6) is 0 Å². The highest BCUT2D eigenvalue weighted by Gasteiger charge is 2.57. The number of carbonyl (C=O) groups is 3. The molecule has 3 aliphatic heterocycles. The Morgan fingerprint density at radius 1 is 1.15 bits per heavy atom. The van der Waals surface area contributed by atoms with Crippen molar-refractivity contribution in [3.63, 3.8) is 0 Å². The number of likely N-dealkylation sites (tertiary alicyclic amines) is 2. The molecule has 0 aliphatic carbocycles. The molecule has 40 heavy (non-hydrogen) atoms. The zero-order valence-corrected chi connectivity index (χ0v) is 23.7. The first-order valence-corrected chi connectivity index (χ1v) is 14.5. The van der Waals surface area contributed by atoms with Crippen LogP contribution in [0, 0.1) is 10.8 Å². The average molecular weight is 546 g/mol. The minimum Gasteiger partial charge on any atom is -0.465 e. The molecule has 0 radical (unpaired) electrons. The third-order valence-electron chi connectivity index (χ3n) is 9.37. The number of nitrogens with one attached hydrogen (secondary N) is 1. The molecule has 3 aromatic rings. The zero-order chi connectivity index (χ0) is 28.2. The molecule has 5 heterocycles. The highest BCUT2D eigenvalue weighted by Crippen LogP contribution is 2.52. The maximum Gasteiger partial charge on any atom is 0.407 e. The molecule has 0 bridgehead atoms. The summed E-state index contributed by atoms with van der Waals surface area (Å²) in [6, 6.07) is 10.5. The summed E-state index contributed by atoms with van der Waals surface area (Å²) in [7, 11) is 0. The first kappa shape index (κ1) is 26.7. The number of pyridine rings is 1. The summed E-state index contributed by atoms with van der Waals surface area (Å²) in [5.41, 5.74) is 3.35. The monoisotopic (exact) mass is 545 g/mol. The second-order valence-electron chi connectivity index (χ2n) is 13.0. The summed E-state index contributed by atoms with van der Waals surface area (Å²) < 4.78 is 2.00. The van der Waals surface area contributed by atoms with E-state index in [1.807, 2.05) is 10.6 Å². The van der Waals surface area contributed by atoms with E-state index in [1.54, 1.807) is 11.1 Å². The molecule has 9 nitrogen and oxygen atoms in total. The van der Waals surface area contributed by atoms with Gasteiger partial charge in [-0.1, -0.05) is 26.8 Å². The van der Waals surface area contributed by atoms with Gasteiger partial charge in [0.05, 0.1) is 5.52 Å². The molecule has 1 spiro atoms. The van der Waals surface area contributed by atoms with Gasteiger partial charge in [-0.25, -0.2) is 9.78 Å². The minimum absolute atomic E-state index is 0.132. The van der Waals surface area contributed by atoms with Crippen molar-refractivity contribution in [1.82, 2.24) is 24.7 Å². The molecule has 2 aromatic heterocycles. The van der Waals surface area contributed by atoms with Crippen LogP contribution < -0.4 is 5.32 Å². The SMILES string of the molecule is CC(C)(C)C1N(CCCc2ccc3c(c2)c2cccnc2n3C2CCC(=O)NC2=O)CC12CCN(C(=O)O)CC2. The largest absolute Gasteiger partial charge is 0.465 e. The number of carbonyl (C=O) groups excluding carboxylic acids is 2. The van der Waals surface area contributed by atoms with Crippen LogP contribution in [-0.2, 0) is 16.0 Å². The molecular formula is C31H39N5O4. The van der Waals surface area contributed by atoms with Crippen molar-refractivity contribution in [2.45, 2.75) is 71.4 Å². The summed E-state index contributed by atoms with van der Waals surface area (Å²) >= 11 is 0. The van der Waals surface area contributed by atoms with Crippen LogP contribution in [0.4, 0.5) is 4.79 Å². The van der Waals surface area contributed by atoms with Gasteiger partial charge in [-0.05, 0) is 73.9 Å². The molecule has 2 unspecified atom stereocenters. The summed E-state index contributed by atoms with van der Waals surface area (Å²) in [5.74, 6) is -0.482.